The Balaban J connectivity index is 1.93. The molecule has 0 bridgehead atoms. The van der Waals surface area contributed by atoms with Gasteiger partial charge in [-0.15, -0.1) is 11.3 Å². The first-order valence-electron chi connectivity index (χ1n) is 7.89. The first-order valence-corrected chi connectivity index (χ1v) is 8.70. The van der Waals surface area contributed by atoms with Gasteiger partial charge in [0.25, 0.3) is 0 Å². The van der Waals surface area contributed by atoms with Crippen molar-refractivity contribution in [2.45, 2.75) is 20.4 Å². The summed E-state index contributed by atoms with van der Waals surface area (Å²) in [5.74, 6) is 0.666. The molecule has 120 valence electrons. The standard InChI is InChI=1S/C20H17FN2S/c1-13-5-3-4-6-15(13)12-23-18-11-16(21)8-9-17(18)22-20(23)19-10-7-14(2)24-19/h3-11H,12H2,1-2H3. The number of halogens is 1. The third kappa shape index (κ3) is 2.63. The predicted octanol–water partition coefficient (Wildman–Crippen LogP) is 5.57. The van der Waals surface area contributed by atoms with Crippen LogP contribution < -0.4 is 0 Å². The van der Waals surface area contributed by atoms with Crippen molar-refractivity contribution in [2.75, 3.05) is 0 Å². The minimum atomic E-state index is -0.234. The quantitative estimate of drug-likeness (QED) is 0.478. The molecular formula is C20H17FN2S. The Morgan fingerprint density at radius 1 is 1.04 bits per heavy atom. The second-order valence-corrected chi connectivity index (χ2v) is 7.28. The van der Waals surface area contributed by atoms with Gasteiger partial charge in [-0.2, -0.15) is 0 Å². The van der Waals surface area contributed by atoms with Gasteiger partial charge in [0.1, 0.15) is 5.82 Å². The average Bonchev–Trinajstić information content (AvgIpc) is 3.14. The lowest BCUT2D eigenvalue weighted by molar-refractivity contribution is 0.628. The highest BCUT2D eigenvalue weighted by Gasteiger charge is 2.15. The van der Waals surface area contributed by atoms with Crippen LogP contribution in [0.15, 0.2) is 54.6 Å². The number of rotatable bonds is 3. The Labute approximate surface area is 144 Å². The highest BCUT2D eigenvalue weighted by molar-refractivity contribution is 7.15. The maximum absolute atomic E-state index is 13.8. The molecule has 0 aliphatic rings. The summed E-state index contributed by atoms with van der Waals surface area (Å²) >= 11 is 1.71. The van der Waals surface area contributed by atoms with Crippen molar-refractivity contribution in [2.24, 2.45) is 0 Å². The van der Waals surface area contributed by atoms with Crippen molar-refractivity contribution >= 4 is 22.4 Å². The number of nitrogens with zero attached hydrogens (tertiary/aromatic N) is 2. The minimum Gasteiger partial charge on any atom is -0.319 e. The molecule has 0 aliphatic heterocycles. The van der Waals surface area contributed by atoms with Crippen molar-refractivity contribution < 1.29 is 4.39 Å². The lowest BCUT2D eigenvalue weighted by atomic mass is 10.1. The van der Waals surface area contributed by atoms with Crippen LogP contribution in [0.4, 0.5) is 4.39 Å². The zero-order chi connectivity index (χ0) is 16.7. The molecule has 0 fully saturated rings. The Morgan fingerprint density at radius 2 is 1.88 bits per heavy atom. The maximum atomic E-state index is 13.8. The van der Waals surface area contributed by atoms with E-state index in [0.717, 1.165) is 21.7 Å². The van der Waals surface area contributed by atoms with Crippen LogP contribution in [0.3, 0.4) is 0 Å². The van der Waals surface area contributed by atoms with E-state index in [1.54, 1.807) is 23.5 Å². The summed E-state index contributed by atoms with van der Waals surface area (Å²) in [4.78, 5) is 7.12. The van der Waals surface area contributed by atoms with E-state index in [-0.39, 0.29) is 5.82 Å². The molecule has 2 nitrogen and oxygen atoms in total. The van der Waals surface area contributed by atoms with E-state index in [2.05, 4.69) is 42.7 Å². The zero-order valence-corrected chi connectivity index (χ0v) is 14.4. The molecule has 0 amide bonds. The van der Waals surface area contributed by atoms with Crippen molar-refractivity contribution in [3.63, 3.8) is 0 Å². The summed E-state index contributed by atoms with van der Waals surface area (Å²) in [6, 6.07) is 17.3. The van der Waals surface area contributed by atoms with Gasteiger partial charge < -0.3 is 4.57 Å². The molecule has 0 N–H and O–H groups in total. The molecule has 0 radical (unpaired) electrons. The Kier molecular flexibility index (Phi) is 3.69. The SMILES string of the molecule is Cc1ccc(-c2nc3ccc(F)cc3n2Cc2ccccc2C)s1. The van der Waals surface area contributed by atoms with Gasteiger partial charge in [0.05, 0.1) is 15.9 Å². The van der Waals surface area contributed by atoms with E-state index < -0.39 is 0 Å². The monoisotopic (exact) mass is 336 g/mol. The highest BCUT2D eigenvalue weighted by Crippen LogP contribution is 2.31. The molecule has 2 heterocycles. The van der Waals surface area contributed by atoms with Crippen LogP contribution in [0, 0.1) is 19.7 Å². The number of fused-ring (bicyclic) bond motifs is 1. The number of benzene rings is 2. The highest BCUT2D eigenvalue weighted by atomic mass is 32.1. The molecule has 0 saturated carbocycles. The van der Waals surface area contributed by atoms with Crippen LogP contribution in [0.25, 0.3) is 21.7 Å². The second-order valence-electron chi connectivity index (χ2n) is 5.99. The van der Waals surface area contributed by atoms with Crippen molar-refractivity contribution in [3.05, 3.63) is 76.4 Å². The lowest BCUT2D eigenvalue weighted by Crippen LogP contribution is -2.03. The second kappa shape index (κ2) is 5.87. The predicted molar refractivity (Wildman–Crippen MR) is 98.0 cm³/mol. The Morgan fingerprint density at radius 3 is 2.62 bits per heavy atom. The van der Waals surface area contributed by atoms with Crippen LogP contribution in [0.5, 0.6) is 0 Å². The Bertz CT molecular complexity index is 1030. The molecule has 0 spiro atoms. The third-order valence-corrected chi connectivity index (χ3v) is 5.26. The van der Waals surface area contributed by atoms with Gasteiger partial charge in [0.2, 0.25) is 0 Å². The molecule has 24 heavy (non-hydrogen) atoms. The average molecular weight is 336 g/mol. The molecule has 2 aromatic carbocycles. The molecule has 2 aromatic heterocycles. The van der Waals surface area contributed by atoms with Crippen LogP contribution in [0.1, 0.15) is 16.0 Å². The van der Waals surface area contributed by atoms with Crippen molar-refractivity contribution in [3.8, 4) is 10.7 Å². The first kappa shape index (κ1) is 15.1. The van der Waals surface area contributed by atoms with Crippen LogP contribution >= 0.6 is 11.3 Å². The third-order valence-electron chi connectivity index (χ3n) is 4.26. The van der Waals surface area contributed by atoms with E-state index in [0.29, 0.717) is 6.54 Å². The molecule has 0 atom stereocenters. The molecule has 4 heteroatoms. The lowest BCUT2D eigenvalue weighted by Gasteiger charge is -2.11. The number of aryl methyl sites for hydroxylation is 2. The fraction of sp³-hybridized carbons (Fsp3) is 0.150. The van der Waals surface area contributed by atoms with Gasteiger partial charge in [-0.25, -0.2) is 9.37 Å². The summed E-state index contributed by atoms with van der Waals surface area (Å²) in [5, 5.41) is 0. The van der Waals surface area contributed by atoms with E-state index in [4.69, 9.17) is 4.98 Å². The van der Waals surface area contributed by atoms with Crippen molar-refractivity contribution in [1.29, 1.82) is 0 Å². The van der Waals surface area contributed by atoms with Gasteiger partial charge in [-0.3, -0.25) is 0 Å². The molecular weight excluding hydrogens is 319 g/mol. The van der Waals surface area contributed by atoms with Gasteiger partial charge in [-0.1, -0.05) is 24.3 Å². The number of hydrogen-bond acceptors (Lipinski definition) is 2. The summed E-state index contributed by atoms with van der Waals surface area (Å²) < 4.78 is 15.9. The van der Waals surface area contributed by atoms with Gasteiger partial charge in [-0.05, 0) is 55.3 Å². The topological polar surface area (TPSA) is 17.8 Å². The number of imidazole rings is 1. The van der Waals surface area contributed by atoms with E-state index in [9.17, 15) is 4.39 Å². The number of aromatic nitrogens is 2. The number of thiophene rings is 1. The summed E-state index contributed by atoms with van der Waals surface area (Å²) in [5.41, 5.74) is 4.10. The molecule has 4 rings (SSSR count). The fourth-order valence-corrected chi connectivity index (χ4v) is 3.82. The van der Waals surface area contributed by atoms with E-state index >= 15 is 0 Å². The maximum Gasteiger partial charge on any atom is 0.151 e. The largest absolute Gasteiger partial charge is 0.319 e. The number of hydrogen-bond donors (Lipinski definition) is 0. The van der Waals surface area contributed by atoms with Crippen LogP contribution in [-0.4, -0.2) is 9.55 Å². The molecule has 4 aromatic rings. The summed E-state index contributed by atoms with van der Waals surface area (Å²) in [6.07, 6.45) is 0. The van der Waals surface area contributed by atoms with Gasteiger partial charge in [0.15, 0.2) is 5.82 Å². The van der Waals surface area contributed by atoms with Gasteiger partial charge in [0, 0.05) is 11.4 Å². The molecule has 0 saturated heterocycles. The molecule has 0 unspecified atom stereocenters. The minimum absolute atomic E-state index is 0.234. The summed E-state index contributed by atoms with van der Waals surface area (Å²) in [6.45, 7) is 4.87. The Hall–Kier alpha value is -2.46. The first-order chi connectivity index (χ1) is 11.6. The van der Waals surface area contributed by atoms with E-state index in [1.807, 2.05) is 12.1 Å². The zero-order valence-electron chi connectivity index (χ0n) is 13.6. The fourth-order valence-electron chi connectivity index (χ4n) is 2.96. The van der Waals surface area contributed by atoms with Crippen LogP contribution in [0.2, 0.25) is 0 Å². The van der Waals surface area contributed by atoms with Crippen LogP contribution in [-0.2, 0) is 6.54 Å². The summed E-state index contributed by atoms with van der Waals surface area (Å²) in [7, 11) is 0. The van der Waals surface area contributed by atoms with Gasteiger partial charge >= 0.3 is 0 Å². The van der Waals surface area contributed by atoms with Crippen molar-refractivity contribution in [1.82, 2.24) is 9.55 Å². The molecule has 0 aliphatic carbocycles. The smallest absolute Gasteiger partial charge is 0.151 e. The van der Waals surface area contributed by atoms with E-state index in [1.165, 1.54) is 22.1 Å². The normalized spacial score (nSPS) is 11.3.